The number of rotatable bonds is 6. The van der Waals surface area contributed by atoms with E-state index in [1.807, 2.05) is 6.92 Å². The van der Waals surface area contributed by atoms with Crippen LogP contribution in [0.3, 0.4) is 0 Å². The fourth-order valence-corrected chi connectivity index (χ4v) is 5.86. The first-order chi connectivity index (χ1) is 14.6. The van der Waals surface area contributed by atoms with Crippen LogP contribution in [0.15, 0.2) is 21.3 Å². The van der Waals surface area contributed by atoms with Gasteiger partial charge in [-0.05, 0) is 55.9 Å². The molecular weight excluding hydrogens is 427 g/mol. The van der Waals surface area contributed by atoms with Crippen molar-refractivity contribution in [1.82, 2.24) is 19.2 Å². The maximum absolute atomic E-state index is 14.8. The van der Waals surface area contributed by atoms with Gasteiger partial charge in [0.25, 0.3) is 10.2 Å². The molecule has 4 rings (SSSR count). The quantitative estimate of drug-likeness (QED) is 0.690. The fourth-order valence-electron chi connectivity index (χ4n) is 4.43. The Labute approximate surface area is 180 Å². The second-order valence-corrected chi connectivity index (χ2v) is 10.1. The van der Waals surface area contributed by atoms with Crippen LogP contribution >= 0.6 is 0 Å². The van der Waals surface area contributed by atoms with Crippen molar-refractivity contribution in [2.75, 3.05) is 19.7 Å². The highest BCUT2D eigenvalue weighted by Gasteiger charge is 2.44. The van der Waals surface area contributed by atoms with Gasteiger partial charge in [0.15, 0.2) is 0 Å². The number of aryl methyl sites for hydroxylation is 1. The Morgan fingerprint density at radius 1 is 1.26 bits per heavy atom. The monoisotopic (exact) mass is 454 g/mol. The number of hydrogen-bond acceptors (Lipinski definition) is 6. The molecule has 2 N–H and O–H groups in total. The minimum Gasteiger partial charge on any atom is -0.391 e. The molecule has 3 heterocycles. The minimum absolute atomic E-state index is 0.141. The molecule has 0 aliphatic carbocycles. The lowest BCUT2D eigenvalue weighted by molar-refractivity contribution is -0.167. The lowest BCUT2D eigenvalue weighted by Crippen LogP contribution is -2.55. The molecule has 0 amide bonds. The smallest absolute Gasteiger partial charge is 0.391 e. The third kappa shape index (κ3) is 4.19. The molecule has 1 aromatic heterocycles. The van der Waals surface area contributed by atoms with Crippen molar-refractivity contribution in [2.45, 2.75) is 57.6 Å². The average Bonchev–Trinajstić information content (AvgIpc) is 3.14. The zero-order valence-corrected chi connectivity index (χ0v) is 18.6. The van der Waals surface area contributed by atoms with E-state index in [2.05, 4.69) is 14.9 Å². The normalized spacial score (nSPS) is 21.0. The molecule has 9 nitrogen and oxygen atoms in total. The Morgan fingerprint density at radius 3 is 2.48 bits per heavy atom. The largest absolute Gasteiger partial charge is 0.434 e. The van der Waals surface area contributed by atoms with Gasteiger partial charge in [-0.15, -0.1) is 5.10 Å². The zero-order valence-electron chi connectivity index (χ0n) is 17.8. The number of halogens is 1. The van der Waals surface area contributed by atoms with Crippen LogP contribution in [-0.2, 0) is 14.9 Å². The molecule has 2 aliphatic rings. The summed E-state index contributed by atoms with van der Waals surface area (Å²) >= 11 is 0. The van der Waals surface area contributed by atoms with Gasteiger partial charge in [-0.25, -0.2) is 14.3 Å². The predicted octanol–water partition coefficient (Wildman–Crippen LogP) is 2.05. The maximum atomic E-state index is 14.8. The Balaban J connectivity index is 1.63. The highest BCUT2D eigenvalue weighted by Crippen LogP contribution is 2.38. The van der Waals surface area contributed by atoms with E-state index in [4.69, 9.17) is 9.15 Å². The van der Waals surface area contributed by atoms with Crippen LogP contribution in [0, 0.1) is 19.7 Å². The first-order valence-corrected chi connectivity index (χ1v) is 11.8. The highest BCUT2D eigenvalue weighted by molar-refractivity contribution is 7.87. The molecule has 2 aliphatic heterocycles. The van der Waals surface area contributed by atoms with E-state index in [1.165, 1.54) is 10.4 Å². The number of benzene rings is 1. The fraction of sp³-hybridized carbons (Fsp3) is 0.600. The van der Waals surface area contributed by atoms with Crippen molar-refractivity contribution < 1.29 is 22.0 Å². The van der Waals surface area contributed by atoms with Crippen LogP contribution in [0.4, 0.5) is 4.39 Å². The molecule has 1 spiro atoms. The number of piperidine rings is 1. The first-order valence-electron chi connectivity index (χ1n) is 10.3. The average molecular weight is 455 g/mol. The summed E-state index contributed by atoms with van der Waals surface area (Å²) in [6.45, 7) is 6.66. The van der Waals surface area contributed by atoms with E-state index < -0.39 is 33.7 Å². The summed E-state index contributed by atoms with van der Waals surface area (Å²) in [5.74, 6) is -2.10. The van der Waals surface area contributed by atoms with E-state index in [1.54, 1.807) is 19.9 Å². The van der Waals surface area contributed by atoms with Gasteiger partial charge in [-0.2, -0.15) is 17.4 Å². The van der Waals surface area contributed by atoms with Gasteiger partial charge in [-0.1, -0.05) is 13.0 Å². The van der Waals surface area contributed by atoms with Gasteiger partial charge in [0.1, 0.15) is 11.9 Å². The Hall–Kier alpha value is -2.08. The standard InChI is InChI=1S/C20H27FN4O5S/c1-12-4-5-15(21)16(13(12)2)14(3)17(18-22-23-19(26)30-18)24-31(27,28)25-9-6-20(7-10-25)8-11-29-20/h4-5,14,17,24H,6-11H2,1-3H3,(H,23,26)/t14-,17-/m0/s1. The van der Waals surface area contributed by atoms with Crippen LogP contribution in [0.1, 0.15) is 60.7 Å². The van der Waals surface area contributed by atoms with Gasteiger partial charge in [0.05, 0.1) is 12.2 Å². The van der Waals surface area contributed by atoms with Crippen LogP contribution < -0.4 is 10.5 Å². The van der Waals surface area contributed by atoms with Gasteiger partial charge >= 0.3 is 5.76 Å². The van der Waals surface area contributed by atoms with Crippen molar-refractivity contribution in [3.63, 3.8) is 0 Å². The molecule has 2 atom stereocenters. The van der Waals surface area contributed by atoms with Crippen molar-refractivity contribution in [2.24, 2.45) is 0 Å². The number of ether oxygens (including phenoxy) is 1. The number of nitrogens with zero attached hydrogens (tertiary/aromatic N) is 2. The van der Waals surface area contributed by atoms with E-state index in [0.717, 1.165) is 12.0 Å². The van der Waals surface area contributed by atoms with Crippen molar-refractivity contribution >= 4 is 10.2 Å². The molecule has 170 valence electrons. The summed E-state index contributed by atoms with van der Waals surface area (Å²) < 4.78 is 55.8. The van der Waals surface area contributed by atoms with Gasteiger partial charge in [0, 0.05) is 19.0 Å². The topological polar surface area (TPSA) is 118 Å². The molecule has 0 unspecified atom stereocenters. The molecular formula is C20H27FN4O5S. The van der Waals surface area contributed by atoms with Crippen LogP contribution in [-0.4, -0.2) is 48.2 Å². The van der Waals surface area contributed by atoms with E-state index in [-0.39, 0.29) is 11.5 Å². The molecule has 31 heavy (non-hydrogen) atoms. The lowest BCUT2D eigenvalue weighted by atomic mass is 9.85. The number of nitrogens with one attached hydrogen (secondary N) is 2. The number of aromatic amines is 1. The lowest BCUT2D eigenvalue weighted by Gasteiger charge is -2.47. The van der Waals surface area contributed by atoms with Crippen LogP contribution in [0.2, 0.25) is 0 Å². The summed E-state index contributed by atoms with van der Waals surface area (Å²) in [6, 6.07) is 1.94. The first kappa shape index (κ1) is 22.1. The molecule has 2 saturated heterocycles. The molecule has 1 aromatic carbocycles. The summed E-state index contributed by atoms with van der Waals surface area (Å²) in [7, 11) is -3.96. The van der Waals surface area contributed by atoms with Gasteiger partial charge in [0.2, 0.25) is 5.89 Å². The Morgan fingerprint density at radius 2 is 1.94 bits per heavy atom. The Bertz CT molecular complexity index is 1110. The highest BCUT2D eigenvalue weighted by atomic mass is 32.2. The molecule has 2 fully saturated rings. The second kappa shape index (κ2) is 8.12. The number of aromatic nitrogens is 2. The molecule has 11 heteroatoms. The molecule has 0 bridgehead atoms. The summed E-state index contributed by atoms with van der Waals surface area (Å²) in [5.41, 5.74) is 1.72. The predicted molar refractivity (Wildman–Crippen MR) is 110 cm³/mol. The Kier molecular flexibility index (Phi) is 5.80. The second-order valence-electron chi connectivity index (χ2n) is 8.42. The summed E-state index contributed by atoms with van der Waals surface area (Å²) in [4.78, 5) is 11.6. The number of H-pyrrole nitrogens is 1. The molecule has 2 aromatic rings. The van der Waals surface area contributed by atoms with E-state index in [9.17, 15) is 17.6 Å². The van der Waals surface area contributed by atoms with Crippen molar-refractivity contribution in [3.05, 3.63) is 51.1 Å². The van der Waals surface area contributed by atoms with Gasteiger partial charge < -0.3 is 9.15 Å². The van der Waals surface area contributed by atoms with Crippen LogP contribution in [0.5, 0.6) is 0 Å². The van der Waals surface area contributed by atoms with Crippen molar-refractivity contribution in [1.29, 1.82) is 0 Å². The summed E-state index contributed by atoms with van der Waals surface area (Å²) in [6.07, 6.45) is 2.19. The number of hydrogen-bond donors (Lipinski definition) is 2. The van der Waals surface area contributed by atoms with Crippen LogP contribution in [0.25, 0.3) is 0 Å². The molecule has 0 saturated carbocycles. The zero-order chi connectivity index (χ0) is 22.4. The SMILES string of the molecule is Cc1ccc(F)c([C@H](C)[C@H](NS(=O)(=O)N2CCC3(CCO3)CC2)c2n[nH]c(=O)o2)c1C. The third-order valence-corrected chi connectivity index (χ3v) is 8.22. The summed E-state index contributed by atoms with van der Waals surface area (Å²) in [5, 5.41) is 5.98. The molecule has 0 radical (unpaired) electrons. The van der Waals surface area contributed by atoms with E-state index in [0.29, 0.717) is 43.7 Å². The third-order valence-electron chi connectivity index (χ3n) is 6.62. The van der Waals surface area contributed by atoms with Gasteiger partial charge in [-0.3, -0.25) is 0 Å². The van der Waals surface area contributed by atoms with E-state index >= 15 is 0 Å². The van der Waals surface area contributed by atoms with Crippen molar-refractivity contribution in [3.8, 4) is 0 Å². The maximum Gasteiger partial charge on any atom is 0.434 e. The minimum atomic E-state index is -3.96.